The summed E-state index contributed by atoms with van der Waals surface area (Å²) in [6, 6.07) is 3.38. The van der Waals surface area contributed by atoms with Crippen molar-refractivity contribution >= 4 is 21.9 Å². The zero-order chi connectivity index (χ0) is 13.2. The second-order valence-electron chi connectivity index (χ2n) is 4.12. The van der Waals surface area contributed by atoms with Gasteiger partial charge in [0.2, 0.25) is 0 Å². The van der Waals surface area contributed by atoms with Crippen molar-refractivity contribution in [3.8, 4) is 11.5 Å². The summed E-state index contributed by atoms with van der Waals surface area (Å²) >= 11 is 3.36. The van der Waals surface area contributed by atoms with E-state index in [4.69, 9.17) is 9.47 Å². The molecule has 5 heteroatoms. The predicted octanol–water partition coefficient (Wildman–Crippen LogP) is 2.83. The number of aliphatic carboxylic acids is 1. The van der Waals surface area contributed by atoms with Crippen LogP contribution in [0.1, 0.15) is 19.4 Å². The SMILES string of the molecule is COc1cc(Br)c(C(C)(C)C(=O)O)cc1OC. The predicted molar refractivity (Wildman–Crippen MR) is 67.9 cm³/mol. The van der Waals surface area contributed by atoms with Crippen LogP contribution in [0.3, 0.4) is 0 Å². The molecule has 94 valence electrons. The third kappa shape index (κ3) is 2.54. The zero-order valence-electron chi connectivity index (χ0n) is 10.2. The molecule has 0 radical (unpaired) electrons. The molecule has 0 fully saturated rings. The minimum absolute atomic E-state index is 0.514. The lowest BCUT2D eigenvalue weighted by Crippen LogP contribution is -2.29. The van der Waals surface area contributed by atoms with Crippen LogP contribution in [0.2, 0.25) is 0 Å². The molecule has 0 bridgehead atoms. The van der Waals surface area contributed by atoms with Crippen molar-refractivity contribution in [3.05, 3.63) is 22.2 Å². The Morgan fingerprint density at radius 1 is 1.24 bits per heavy atom. The van der Waals surface area contributed by atoms with Gasteiger partial charge in [0.15, 0.2) is 11.5 Å². The number of carbonyl (C=O) groups is 1. The molecule has 0 heterocycles. The van der Waals surface area contributed by atoms with Crippen molar-refractivity contribution in [3.63, 3.8) is 0 Å². The molecule has 0 saturated heterocycles. The lowest BCUT2D eigenvalue weighted by atomic mass is 9.84. The first-order valence-electron chi connectivity index (χ1n) is 5.00. The Balaban J connectivity index is 3.41. The van der Waals surface area contributed by atoms with E-state index < -0.39 is 11.4 Å². The number of halogens is 1. The van der Waals surface area contributed by atoms with Gasteiger partial charge in [0.05, 0.1) is 19.6 Å². The van der Waals surface area contributed by atoms with Gasteiger partial charge in [-0.15, -0.1) is 0 Å². The number of rotatable bonds is 4. The average Bonchev–Trinajstić information content (AvgIpc) is 2.27. The smallest absolute Gasteiger partial charge is 0.313 e. The van der Waals surface area contributed by atoms with Crippen LogP contribution in [-0.2, 0) is 10.2 Å². The minimum Gasteiger partial charge on any atom is -0.493 e. The van der Waals surface area contributed by atoms with Gasteiger partial charge in [0.1, 0.15) is 0 Å². The molecule has 1 rings (SSSR count). The highest BCUT2D eigenvalue weighted by molar-refractivity contribution is 9.10. The van der Waals surface area contributed by atoms with Crippen molar-refractivity contribution in [2.24, 2.45) is 0 Å². The van der Waals surface area contributed by atoms with Crippen LogP contribution >= 0.6 is 15.9 Å². The lowest BCUT2D eigenvalue weighted by molar-refractivity contribution is -0.142. The average molecular weight is 303 g/mol. The first-order valence-corrected chi connectivity index (χ1v) is 5.79. The molecule has 0 amide bonds. The third-order valence-corrected chi connectivity index (χ3v) is 3.34. The number of hydrogen-bond donors (Lipinski definition) is 1. The van der Waals surface area contributed by atoms with Gasteiger partial charge in [0, 0.05) is 4.47 Å². The first kappa shape index (κ1) is 13.8. The fourth-order valence-electron chi connectivity index (χ4n) is 1.45. The number of carboxylic acids is 1. The van der Waals surface area contributed by atoms with Gasteiger partial charge in [-0.3, -0.25) is 4.79 Å². The number of methoxy groups -OCH3 is 2. The van der Waals surface area contributed by atoms with Crippen molar-refractivity contribution in [2.75, 3.05) is 14.2 Å². The number of benzene rings is 1. The maximum absolute atomic E-state index is 11.2. The maximum atomic E-state index is 11.2. The van der Waals surface area contributed by atoms with Gasteiger partial charge in [-0.25, -0.2) is 0 Å². The van der Waals surface area contributed by atoms with Gasteiger partial charge in [-0.2, -0.15) is 0 Å². The highest BCUT2D eigenvalue weighted by Gasteiger charge is 2.32. The van der Waals surface area contributed by atoms with E-state index in [1.807, 2.05) is 0 Å². The molecule has 0 unspecified atom stereocenters. The number of hydrogen-bond acceptors (Lipinski definition) is 3. The van der Waals surface area contributed by atoms with Crippen LogP contribution in [0.4, 0.5) is 0 Å². The van der Waals surface area contributed by atoms with E-state index in [1.165, 1.54) is 14.2 Å². The highest BCUT2D eigenvalue weighted by Crippen LogP contribution is 2.38. The van der Waals surface area contributed by atoms with E-state index in [0.717, 1.165) is 0 Å². The fourth-order valence-corrected chi connectivity index (χ4v) is 2.27. The first-order chi connectivity index (χ1) is 7.84. The second-order valence-corrected chi connectivity index (χ2v) is 4.97. The quantitative estimate of drug-likeness (QED) is 0.929. The molecule has 0 aliphatic carbocycles. The van der Waals surface area contributed by atoms with Crippen LogP contribution in [0, 0.1) is 0 Å². The van der Waals surface area contributed by atoms with E-state index >= 15 is 0 Å². The molecule has 1 N–H and O–H groups in total. The summed E-state index contributed by atoms with van der Waals surface area (Å²) in [7, 11) is 3.05. The molecular weight excluding hydrogens is 288 g/mol. The summed E-state index contributed by atoms with van der Waals surface area (Å²) in [5.41, 5.74) is -0.360. The standard InChI is InChI=1S/C12H15BrO4/c1-12(2,11(14)15)7-5-9(16-3)10(17-4)6-8(7)13/h5-6H,1-4H3,(H,14,15). The van der Waals surface area contributed by atoms with Crippen molar-refractivity contribution in [1.29, 1.82) is 0 Å². The minimum atomic E-state index is -1.00. The van der Waals surface area contributed by atoms with Crippen molar-refractivity contribution in [2.45, 2.75) is 19.3 Å². The second kappa shape index (κ2) is 4.96. The molecule has 1 aromatic carbocycles. The van der Waals surface area contributed by atoms with Gasteiger partial charge < -0.3 is 14.6 Å². The monoisotopic (exact) mass is 302 g/mol. The van der Waals surface area contributed by atoms with E-state index in [2.05, 4.69) is 15.9 Å². The van der Waals surface area contributed by atoms with Crippen LogP contribution < -0.4 is 9.47 Å². The molecular formula is C12H15BrO4. The van der Waals surface area contributed by atoms with Gasteiger partial charge in [0.25, 0.3) is 0 Å². The Hall–Kier alpha value is -1.23. The summed E-state index contributed by atoms with van der Waals surface area (Å²) in [4.78, 5) is 11.2. The summed E-state index contributed by atoms with van der Waals surface area (Å²) in [5.74, 6) is 0.176. The third-order valence-electron chi connectivity index (χ3n) is 2.68. The summed E-state index contributed by atoms with van der Waals surface area (Å²) < 4.78 is 11.0. The maximum Gasteiger partial charge on any atom is 0.313 e. The molecule has 0 saturated carbocycles. The van der Waals surface area contributed by atoms with Gasteiger partial charge in [-0.05, 0) is 31.5 Å². The van der Waals surface area contributed by atoms with Gasteiger partial charge >= 0.3 is 5.97 Å². The van der Waals surface area contributed by atoms with E-state index in [1.54, 1.807) is 26.0 Å². The fraction of sp³-hybridized carbons (Fsp3) is 0.417. The zero-order valence-corrected chi connectivity index (χ0v) is 11.8. The summed E-state index contributed by atoms with van der Waals surface area (Å²) in [6.45, 7) is 3.28. The highest BCUT2D eigenvalue weighted by atomic mass is 79.9. The molecule has 0 aliphatic rings. The Kier molecular flexibility index (Phi) is 4.03. The molecule has 4 nitrogen and oxygen atoms in total. The van der Waals surface area contributed by atoms with Crippen molar-refractivity contribution < 1.29 is 19.4 Å². The molecule has 0 aromatic heterocycles. The van der Waals surface area contributed by atoms with Crippen LogP contribution in [0.25, 0.3) is 0 Å². The van der Waals surface area contributed by atoms with Crippen LogP contribution in [-0.4, -0.2) is 25.3 Å². The Morgan fingerprint density at radius 3 is 2.12 bits per heavy atom. The Bertz CT molecular complexity index is 440. The van der Waals surface area contributed by atoms with E-state index in [9.17, 15) is 9.90 Å². The lowest BCUT2D eigenvalue weighted by Gasteiger charge is -2.22. The van der Waals surface area contributed by atoms with Crippen molar-refractivity contribution in [1.82, 2.24) is 0 Å². The Morgan fingerprint density at radius 2 is 1.71 bits per heavy atom. The van der Waals surface area contributed by atoms with Gasteiger partial charge in [-0.1, -0.05) is 15.9 Å². The molecule has 17 heavy (non-hydrogen) atoms. The van der Waals surface area contributed by atoms with Crippen LogP contribution in [0.15, 0.2) is 16.6 Å². The summed E-state index contributed by atoms with van der Waals surface area (Å²) in [5, 5.41) is 9.22. The molecule has 1 aromatic rings. The molecule has 0 spiro atoms. The number of ether oxygens (including phenoxy) is 2. The van der Waals surface area contributed by atoms with Crippen LogP contribution in [0.5, 0.6) is 11.5 Å². The van der Waals surface area contributed by atoms with E-state index in [-0.39, 0.29) is 0 Å². The van der Waals surface area contributed by atoms with E-state index in [0.29, 0.717) is 21.5 Å². The normalized spacial score (nSPS) is 11.1. The largest absolute Gasteiger partial charge is 0.493 e. The summed E-state index contributed by atoms with van der Waals surface area (Å²) in [6.07, 6.45) is 0. The topological polar surface area (TPSA) is 55.8 Å². The molecule has 0 atom stereocenters. The Labute approximate surface area is 109 Å². The number of carboxylic acid groups (broad SMARTS) is 1. The molecule has 0 aliphatic heterocycles.